The van der Waals surface area contributed by atoms with Crippen LogP contribution < -0.4 is 5.32 Å². The second-order valence-corrected chi connectivity index (χ2v) is 4.31. The smallest absolute Gasteiger partial charge is 0.356 e. The van der Waals surface area contributed by atoms with Crippen LogP contribution in [-0.2, 0) is 9.47 Å². The highest BCUT2D eigenvalue weighted by atomic mass is 16.5. The molecule has 0 amide bonds. The van der Waals surface area contributed by atoms with Crippen LogP contribution in [0.1, 0.15) is 30.3 Å². The third-order valence-corrected chi connectivity index (χ3v) is 3.02. The third kappa shape index (κ3) is 2.98. The van der Waals surface area contributed by atoms with Crippen molar-refractivity contribution in [2.75, 3.05) is 19.0 Å². The topological polar surface area (TPSA) is 60.5 Å². The highest BCUT2D eigenvalue weighted by Crippen LogP contribution is 2.26. The summed E-state index contributed by atoms with van der Waals surface area (Å²) >= 11 is 0. The van der Waals surface area contributed by atoms with E-state index in [0.717, 1.165) is 25.1 Å². The van der Waals surface area contributed by atoms with Crippen LogP contribution in [0.5, 0.6) is 0 Å². The minimum absolute atomic E-state index is 0.322. The van der Waals surface area contributed by atoms with Gasteiger partial charge in [-0.3, -0.25) is 0 Å². The van der Waals surface area contributed by atoms with Crippen molar-refractivity contribution in [2.24, 2.45) is 0 Å². The van der Waals surface area contributed by atoms with Crippen molar-refractivity contribution >= 4 is 11.7 Å². The van der Waals surface area contributed by atoms with E-state index in [2.05, 4.69) is 15.0 Å². The Bertz CT molecular complexity index is 416. The predicted molar refractivity (Wildman–Crippen MR) is 67.6 cm³/mol. The molecule has 1 fully saturated rings. The first-order valence-corrected chi connectivity index (χ1v) is 6.15. The Kier molecular flexibility index (Phi) is 4.15. The lowest BCUT2D eigenvalue weighted by Crippen LogP contribution is -2.40. The summed E-state index contributed by atoms with van der Waals surface area (Å²) in [7, 11) is 1.35. The molecule has 18 heavy (non-hydrogen) atoms. The zero-order valence-electron chi connectivity index (χ0n) is 10.7. The number of pyridine rings is 1. The molecule has 1 saturated carbocycles. The number of anilines is 1. The molecule has 0 atom stereocenters. The molecule has 1 aliphatic rings. The van der Waals surface area contributed by atoms with Crippen molar-refractivity contribution in [3.8, 4) is 0 Å². The molecular weight excluding hydrogens is 232 g/mol. The van der Waals surface area contributed by atoms with Crippen molar-refractivity contribution in [1.82, 2.24) is 4.98 Å². The molecule has 1 aromatic heterocycles. The highest BCUT2D eigenvalue weighted by molar-refractivity contribution is 5.88. The number of carbonyl (C=O) groups is 1. The summed E-state index contributed by atoms with van der Waals surface area (Å²) in [6.07, 6.45) is 3.98. The van der Waals surface area contributed by atoms with Crippen LogP contribution in [0.4, 0.5) is 5.69 Å². The summed E-state index contributed by atoms with van der Waals surface area (Å²) < 4.78 is 10.1. The molecule has 0 saturated heterocycles. The number of esters is 1. The number of ether oxygens (including phenoxy) is 2. The van der Waals surface area contributed by atoms with Crippen LogP contribution >= 0.6 is 0 Å². The van der Waals surface area contributed by atoms with Gasteiger partial charge >= 0.3 is 5.97 Å². The van der Waals surface area contributed by atoms with Crippen LogP contribution in [0.25, 0.3) is 0 Å². The van der Waals surface area contributed by atoms with Crippen molar-refractivity contribution in [3.05, 3.63) is 24.0 Å². The molecule has 2 rings (SSSR count). The first-order chi connectivity index (χ1) is 8.72. The van der Waals surface area contributed by atoms with Crippen molar-refractivity contribution < 1.29 is 14.3 Å². The van der Waals surface area contributed by atoms with E-state index in [-0.39, 0.29) is 0 Å². The number of nitrogens with one attached hydrogen (secondary N) is 1. The average molecular weight is 250 g/mol. The van der Waals surface area contributed by atoms with Crippen molar-refractivity contribution in [1.29, 1.82) is 0 Å². The lowest BCUT2D eigenvalue weighted by atomic mass is 9.89. The van der Waals surface area contributed by atoms with E-state index in [1.54, 1.807) is 12.3 Å². The molecular formula is C13H18N2O3. The van der Waals surface area contributed by atoms with Gasteiger partial charge < -0.3 is 14.8 Å². The predicted octanol–water partition coefficient (Wildman–Crippen LogP) is 1.85. The fourth-order valence-electron chi connectivity index (χ4n) is 2.03. The molecule has 0 aromatic carbocycles. The lowest BCUT2D eigenvalue weighted by Gasteiger charge is -2.36. The van der Waals surface area contributed by atoms with Crippen LogP contribution in [-0.4, -0.2) is 36.8 Å². The van der Waals surface area contributed by atoms with Crippen LogP contribution in [0, 0.1) is 0 Å². The fourth-order valence-corrected chi connectivity index (χ4v) is 2.03. The summed E-state index contributed by atoms with van der Waals surface area (Å²) in [4.78, 5) is 15.3. The molecule has 98 valence electrons. The summed E-state index contributed by atoms with van der Waals surface area (Å²) in [6.45, 7) is 2.77. The van der Waals surface area contributed by atoms with Gasteiger partial charge in [-0.2, -0.15) is 0 Å². The van der Waals surface area contributed by atoms with Crippen molar-refractivity contribution in [2.45, 2.75) is 31.9 Å². The average Bonchev–Trinajstić information content (AvgIpc) is 2.36. The van der Waals surface area contributed by atoms with Crippen molar-refractivity contribution in [3.63, 3.8) is 0 Å². The molecule has 5 nitrogen and oxygen atoms in total. The van der Waals surface area contributed by atoms with E-state index in [1.165, 1.54) is 7.11 Å². The van der Waals surface area contributed by atoms with Gasteiger partial charge in [-0.05, 0) is 31.9 Å². The zero-order chi connectivity index (χ0) is 13.0. The quantitative estimate of drug-likeness (QED) is 0.808. The molecule has 1 aromatic rings. The van der Waals surface area contributed by atoms with Gasteiger partial charge in [0.15, 0.2) is 0 Å². The summed E-state index contributed by atoms with van der Waals surface area (Å²) in [6, 6.07) is 3.97. The first-order valence-electron chi connectivity index (χ1n) is 6.15. The second-order valence-electron chi connectivity index (χ2n) is 4.31. The number of rotatable bonds is 5. The molecule has 1 heterocycles. The molecule has 1 aliphatic carbocycles. The summed E-state index contributed by atoms with van der Waals surface area (Å²) in [5.41, 5.74) is 1.22. The second kappa shape index (κ2) is 5.82. The fraction of sp³-hybridized carbons (Fsp3) is 0.538. The Morgan fingerprint density at radius 1 is 1.56 bits per heavy atom. The molecule has 0 radical (unpaired) electrons. The Hall–Kier alpha value is -1.62. The highest BCUT2D eigenvalue weighted by Gasteiger charge is 2.29. The van der Waals surface area contributed by atoms with Gasteiger partial charge in [0.25, 0.3) is 0 Å². The zero-order valence-corrected chi connectivity index (χ0v) is 10.7. The van der Waals surface area contributed by atoms with E-state index in [4.69, 9.17) is 4.74 Å². The number of hydrogen-bond donors (Lipinski definition) is 1. The molecule has 0 bridgehead atoms. The number of carbonyl (C=O) groups excluding carboxylic acids is 1. The van der Waals surface area contributed by atoms with Gasteiger partial charge in [0, 0.05) is 24.5 Å². The molecule has 0 unspecified atom stereocenters. The Balaban J connectivity index is 1.89. The largest absolute Gasteiger partial charge is 0.464 e. The maximum atomic E-state index is 11.3. The normalized spacial score (nSPS) is 22.1. The summed E-state index contributed by atoms with van der Waals surface area (Å²) in [5, 5.41) is 3.36. The number of nitrogens with zero attached hydrogens (tertiary/aromatic N) is 1. The van der Waals surface area contributed by atoms with E-state index >= 15 is 0 Å². The van der Waals surface area contributed by atoms with Gasteiger partial charge in [0.05, 0.1) is 13.2 Å². The van der Waals surface area contributed by atoms with Gasteiger partial charge in [0.1, 0.15) is 5.69 Å². The minimum Gasteiger partial charge on any atom is -0.464 e. The van der Waals surface area contributed by atoms with E-state index in [9.17, 15) is 4.79 Å². The Morgan fingerprint density at radius 3 is 3.00 bits per heavy atom. The SMILES string of the molecule is CCOC1CC(Nc2ccnc(C(=O)OC)c2)C1. The Labute approximate surface area is 107 Å². The minimum atomic E-state index is -0.417. The molecule has 1 N–H and O–H groups in total. The summed E-state index contributed by atoms with van der Waals surface area (Å²) in [5.74, 6) is -0.417. The van der Waals surface area contributed by atoms with Crippen LogP contribution in [0.15, 0.2) is 18.3 Å². The molecule has 5 heteroatoms. The van der Waals surface area contributed by atoms with E-state index in [0.29, 0.717) is 17.8 Å². The van der Waals surface area contributed by atoms with Gasteiger partial charge in [-0.25, -0.2) is 9.78 Å². The van der Waals surface area contributed by atoms with Gasteiger partial charge in [-0.15, -0.1) is 0 Å². The van der Waals surface area contributed by atoms with Gasteiger partial charge in [0.2, 0.25) is 0 Å². The molecule has 0 spiro atoms. The standard InChI is InChI=1S/C13H18N2O3/c1-3-18-11-6-10(7-11)15-9-4-5-14-12(8-9)13(16)17-2/h4-5,8,10-11H,3,6-7H2,1-2H3,(H,14,15). The Morgan fingerprint density at radius 2 is 2.33 bits per heavy atom. The lowest BCUT2D eigenvalue weighted by molar-refractivity contribution is 0.00298. The number of hydrogen-bond acceptors (Lipinski definition) is 5. The number of methoxy groups -OCH3 is 1. The third-order valence-electron chi connectivity index (χ3n) is 3.02. The van der Waals surface area contributed by atoms with Crippen LogP contribution in [0.3, 0.4) is 0 Å². The maximum Gasteiger partial charge on any atom is 0.356 e. The molecule has 0 aliphatic heterocycles. The maximum absolute atomic E-state index is 11.3. The first kappa shape index (κ1) is 12.8. The monoisotopic (exact) mass is 250 g/mol. The van der Waals surface area contributed by atoms with E-state index in [1.807, 2.05) is 13.0 Å². The van der Waals surface area contributed by atoms with Gasteiger partial charge in [-0.1, -0.05) is 0 Å². The van der Waals surface area contributed by atoms with Crippen LogP contribution in [0.2, 0.25) is 0 Å². The number of aromatic nitrogens is 1. The van der Waals surface area contributed by atoms with E-state index < -0.39 is 5.97 Å².